The van der Waals surface area contributed by atoms with Crippen molar-refractivity contribution in [1.29, 1.82) is 5.26 Å². The van der Waals surface area contributed by atoms with Crippen LogP contribution < -0.4 is 4.74 Å². The van der Waals surface area contributed by atoms with Gasteiger partial charge in [0.15, 0.2) is 5.76 Å². The van der Waals surface area contributed by atoms with Crippen LogP contribution in [0.4, 0.5) is 0 Å². The highest BCUT2D eigenvalue weighted by Gasteiger charge is 2.09. The maximum absolute atomic E-state index is 8.89. The Morgan fingerprint density at radius 2 is 2.29 bits per heavy atom. The van der Waals surface area contributed by atoms with Crippen LogP contribution in [0.5, 0.6) is 5.75 Å². The molecule has 0 spiro atoms. The lowest BCUT2D eigenvalue weighted by Gasteiger charge is -2.03. The van der Waals surface area contributed by atoms with Gasteiger partial charge in [-0.3, -0.25) is 0 Å². The van der Waals surface area contributed by atoms with E-state index < -0.39 is 0 Å². The highest BCUT2D eigenvalue weighted by molar-refractivity contribution is 5.62. The number of hydrogen-bond acceptors (Lipinski definition) is 5. The number of methoxy groups -OCH3 is 1. The molecular formula is C12H10N2O3. The molecule has 0 amide bonds. The van der Waals surface area contributed by atoms with Crippen molar-refractivity contribution in [3.63, 3.8) is 0 Å². The van der Waals surface area contributed by atoms with Gasteiger partial charge in [0.05, 0.1) is 19.3 Å². The largest absolute Gasteiger partial charge is 0.495 e. The minimum atomic E-state index is -0.170. The Balaban J connectivity index is 2.43. The maximum atomic E-state index is 8.89. The molecule has 86 valence electrons. The Kier molecular flexibility index (Phi) is 3.08. The van der Waals surface area contributed by atoms with Gasteiger partial charge < -0.3 is 14.4 Å². The molecule has 5 nitrogen and oxygen atoms in total. The predicted molar refractivity (Wildman–Crippen MR) is 59.1 cm³/mol. The summed E-state index contributed by atoms with van der Waals surface area (Å²) < 4.78 is 10.2. The van der Waals surface area contributed by atoms with E-state index in [1.807, 2.05) is 6.07 Å². The van der Waals surface area contributed by atoms with Gasteiger partial charge in [0.1, 0.15) is 17.5 Å². The van der Waals surface area contributed by atoms with Crippen LogP contribution in [-0.2, 0) is 6.61 Å². The number of rotatable bonds is 3. The number of hydrogen-bond donors (Lipinski definition) is 1. The first kappa shape index (κ1) is 11.2. The van der Waals surface area contributed by atoms with Crippen LogP contribution in [0.3, 0.4) is 0 Å². The van der Waals surface area contributed by atoms with Crippen LogP contribution in [-0.4, -0.2) is 17.4 Å². The van der Waals surface area contributed by atoms with Gasteiger partial charge in [0.25, 0.3) is 0 Å². The van der Waals surface area contributed by atoms with E-state index in [2.05, 4.69) is 5.16 Å². The molecule has 0 aliphatic heterocycles. The first-order chi connectivity index (χ1) is 8.28. The second-order valence-electron chi connectivity index (χ2n) is 3.37. The lowest BCUT2D eigenvalue weighted by molar-refractivity contribution is 0.267. The zero-order chi connectivity index (χ0) is 12.3. The standard InChI is InChI=1S/C12H10N2O3/c1-16-11-4-8(2-3-9(11)6-13)12-5-10(7-15)14-17-12/h2-5,15H,7H2,1H3. The predicted octanol–water partition coefficient (Wildman–Crippen LogP) is 1.71. The zero-order valence-electron chi connectivity index (χ0n) is 9.17. The van der Waals surface area contributed by atoms with Crippen molar-refractivity contribution in [2.24, 2.45) is 0 Å². The third kappa shape index (κ3) is 2.12. The molecule has 2 rings (SSSR count). The van der Waals surface area contributed by atoms with E-state index in [1.165, 1.54) is 7.11 Å². The van der Waals surface area contributed by atoms with Crippen LogP contribution in [0.1, 0.15) is 11.3 Å². The molecule has 0 atom stereocenters. The summed E-state index contributed by atoms with van der Waals surface area (Å²) in [6.07, 6.45) is 0. The molecule has 1 N–H and O–H groups in total. The molecule has 17 heavy (non-hydrogen) atoms. The minimum absolute atomic E-state index is 0.170. The van der Waals surface area contributed by atoms with Crippen LogP contribution in [0.15, 0.2) is 28.8 Å². The molecule has 1 aromatic heterocycles. The van der Waals surface area contributed by atoms with E-state index in [9.17, 15) is 0 Å². The van der Waals surface area contributed by atoms with Crippen LogP contribution in [0.2, 0.25) is 0 Å². The fraction of sp³-hybridized carbons (Fsp3) is 0.167. The normalized spacial score (nSPS) is 9.94. The first-order valence-electron chi connectivity index (χ1n) is 4.93. The molecule has 0 aliphatic rings. The quantitative estimate of drug-likeness (QED) is 0.868. The van der Waals surface area contributed by atoms with E-state index in [0.29, 0.717) is 22.8 Å². The average molecular weight is 230 g/mol. The van der Waals surface area contributed by atoms with Gasteiger partial charge in [-0.2, -0.15) is 5.26 Å². The van der Waals surface area contributed by atoms with Gasteiger partial charge in [-0.15, -0.1) is 0 Å². The summed E-state index contributed by atoms with van der Waals surface area (Å²) in [5.74, 6) is 1.00. The van der Waals surface area contributed by atoms with Gasteiger partial charge in [-0.1, -0.05) is 5.16 Å². The fourth-order valence-electron chi connectivity index (χ4n) is 1.46. The van der Waals surface area contributed by atoms with Crippen LogP contribution in [0.25, 0.3) is 11.3 Å². The summed E-state index contributed by atoms with van der Waals surface area (Å²) in [6, 6.07) is 8.75. The molecular weight excluding hydrogens is 220 g/mol. The molecule has 0 fully saturated rings. The van der Waals surface area contributed by atoms with Crippen molar-refractivity contribution in [3.8, 4) is 23.1 Å². The highest BCUT2D eigenvalue weighted by atomic mass is 16.5. The number of nitriles is 1. The summed E-state index contributed by atoms with van der Waals surface area (Å²) in [5, 5.41) is 21.4. The number of aliphatic hydroxyl groups is 1. The van der Waals surface area contributed by atoms with Crippen molar-refractivity contribution >= 4 is 0 Å². The molecule has 1 aromatic carbocycles. The number of ether oxygens (including phenoxy) is 1. The Bertz CT molecular complexity index is 569. The van der Waals surface area contributed by atoms with Crippen molar-refractivity contribution in [2.45, 2.75) is 6.61 Å². The number of aromatic nitrogens is 1. The molecule has 0 saturated heterocycles. The Labute approximate surface area is 97.8 Å². The minimum Gasteiger partial charge on any atom is -0.495 e. The molecule has 2 aromatic rings. The molecule has 0 unspecified atom stereocenters. The number of nitrogens with zero attached hydrogens (tertiary/aromatic N) is 2. The molecule has 1 heterocycles. The molecule has 0 saturated carbocycles. The van der Waals surface area contributed by atoms with Crippen LogP contribution >= 0.6 is 0 Å². The average Bonchev–Trinajstić information content (AvgIpc) is 2.86. The van der Waals surface area contributed by atoms with Crippen LogP contribution in [0, 0.1) is 11.3 Å². The first-order valence-corrected chi connectivity index (χ1v) is 4.93. The van der Waals surface area contributed by atoms with Crippen molar-refractivity contribution in [1.82, 2.24) is 5.16 Å². The van der Waals surface area contributed by atoms with Crippen molar-refractivity contribution in [3.05, 3.63) is 35.5 Å². The summed E-state index contributed by atoms with van der Waals surface area (Å²) in [6.45, 7) is -0.170. The molecule has 0 radical (unpaired) electrons. The SMILES string of the molecule is COc1cc(-c2cc(CO)no2)ccc1C#N. The number of aliphatic hydroxyl groups excluding tert-OH is 1. The van der Waals surface area contributed by atoms with Crippen molar-refractivity contribution in [2.75, 3.05) is 7.11 Å². The van der Waals surface area contributed by atoms with Gasteiger partial charge in [-0.05, 0) is 18.2 Å². The van der Waals surface area contributed by atoms with E-state index in [4.69, 9.17) is 19.6 Å². The Morgan fingerprint density at radius 1 is 1.47 bits per heavy atom. The third-order valence-electron chi connectivity index (χ3n) is 2.33. The smallest absolute Gasteiger partial charge is 0.167 e. The summed E-state index contributed by atoms with van der Waals surface area (Å²) in [4.78, 5) is 0. The van der Waals surface area contributed by atoms with Gasteiger partial charge in [0, 0.05) is 11.6 Å². The lowest BCUT2D eigenvalue weighted by Crippen LogP contribution is -1.88. The van der Waals surface area contributed by atoms with E-state index in [-0.39, 0.29) is 6.61 Å². The van der Waals surface area contributed by atoms with Crippen molar-refractivity contribution < 1.29 is 14.4 Å². The second-order valence-corrected chi connectivity index (χ2v) is 3.37. The summed E-state index contributed by atoms with van der Waals surface area (Å²) >= 11 is 0. The van der Waals surface area contributed by atoms with E-state index in [1.54, 1.807) is 24.3 Å². The zero-order valence-corrected chi connectivity index (χ0v) is 9.17. The monoisotopic (exact) mass is 230 g/mol. The Hall–Kier alpha value is -2.32. The second kappa shape index (κ2) is 4.68. The summed E-state index contributed by atoms with van der Waals surface area (Å²) in [7, 11) is 1.50. The highest BCUT2D eigenvalue weighted by Crippen LogP contribution is 2.27. The Morgan fingerprint density at radius 3 is 2.88 bits per heavy atom. The number of benzene rings is 1. The van der Waals surface area contributed by atoms with Gasteiger partial charge in [0.2, 0.25) is 0 Å². The van der Waals surface area contributed by atoms with E-state index >= 15 is 0 Å². The fourth-order valence-corrected chi connectivity index (χ4v) is 1.46. The summed E-state index contributed by atoms with van der Waals surface area (Å²) in [5.41, 5.74) is 1.66. The lowest BCUT2D eigenvalue weighted by atomic mass is 10.1. The van der Waals surface area contributed by atoms with E-state index in [0.717, 1.165) is 5.56 Å². The molecule has 5 heteroatoms. The topological polar surface area (TPSA) is 79.3 Å². The molecule has 0 bridgehead atoms. The van der Waals surface area contributed by atoms with Gasteiger partial charge >= 0.3 is 0 Å². The van der Waals surface area contributed by atoms with Gasteiger partial charge in [-0.25, -0.2) is 0 Å². The molecule has 0 aliphatic carbocycles. The third-order valence-corrected chi connectivity index (χ3v) is 2.33. The maximum Gasteiger partial charge on any atom is 0.167 e.